The standard InChI is InChI=1S/C17H23NO5/c1-11(2)22-13-6-4-5-12(9-13)10-18(3)16(19)14-7-8-15(23-14)17(20)21/h4-6,9,11,14-15H,7-8,10H2,1-3H3,(H,20,21)/t14-,15+/m0/s1. The number of carboxylic acid groups (broad SMARTS) is 1. The van der Waals surface area contributed by atoms with Crippen LogP contribution in [0.4, 0.5) is 0 Å². The SMILES string of the molecule is CC(C)Oc1cccc(CN(C)C(=O)[C@@H]2CC[C@H](C(=O)O)O2)c1. The highest BCUT2D eigenvalue weighted by molar-refractivity contribution is 5.82. The average molecular weight is 321 g/mol. The molecule has 2 atom stereocenters. The number of amides is 1. The van der Waals surface area contributed by atoms with Crippen molar-refractivity contribution in [2.45, 2.75) is 51.5 Å². The molecule has 0 aliphatic carbocycles. The second kappa shape index (κ2) is 7.46. The van der Waals surface area contributed by atoms with Gasteiger partial charge in [0.1, 0.15) is 11.9 Å². The maximum absolute atomic E-state index is 12.4. The van der Waals surface area contributed by atoms with Crippen LogP contribution in [0.25, 0.3) is 0 Å². The largest absolute Gasteiger partial charge is 0.491 e. The lowest BCUT2D eigenvalue weighted by Crippen LogP contribution is -2.36. The molecule has 1 heterocycles. The number of likely N-dealkylation sites (N-methyl/N-ethyl adjacent to an activating group) is 1. The van der Waals surface area contributed by atoms with Gasteiger partial charge in [0, 0.05) is 13.6 Å². The average Bonchev–Trinajstić information content (AvgIpc) is 2.96. The van der Waals surface area contributed by atoms with E-state index in [1.54, 1.807) is 11.9 Å². The summed E-state index contributed by atoms with van der Waals surface area (Å²) in [5.41, 5.74) is 0.951. The molecule has 1 saturated heterocycles. The summed E-state index contributed by atoms with van der Waals surface area (Å²) in [7, 11) is 1.69. The van der Waals surface area contributed by atoms with Gasteiger partial charge in [-0.15, -0.1) is 0 Å². The Morgan fingerprint density at radius 1 is 1.35 bits per heavy atom. The van der Waals surface area contributed by atoms with Crippen LogP contribution in [0.1, 0.15) is 32.3 Å². The van der Waals surface area contributed by atoms with Crippen molar-refractivity contribution in [2.75, 3.05) is 7.05 Å². The Balaban J connectivity index is 1.95. The Labute approximate surface area is 136 Å². The van der Waals surface area contributed by atoms with Crippen molar-refractivity contribution in [1.29, 1.82) is 0 Å². The molecular weight excluding hydrogens is 298 g/mol. The molecule has 1 aromatic rings. The Morgan fingerprint density at radius 2 is 2.04 bits per heavy atom. The molecule has 1 N–H and O–H groups in total. The van der Waals surface area contributed by atoms with Gasteiger partial charge in [0.05, 0.1) is 6.10 Å². The van der Waals surface area contributed by atoms with Gasteiger partial charge < -0.3 is 19.5 Å². The molecule has 1 aliphatic rings. The Bertz CT molecular complexity index is 572. The minimum atomic E-state index is -1.01. The van der Waals surface area contributed by atoms with Gasteiger partial charge in [-0.25, -0.2) is 4.79 Å². The molecule has 0 saturated carbocycles. The van der Waals surface area contributed by atoms with Gasteiger partial charge in [0.15, 0.2) is 6.10 Å². The molecule has 1 amide bonds. The van der Waals surface area contributed by atoms with Crippen LogP contribution in [-0.4, -0.2) is 47.2 Å². The van der Waals surface area contributed by atoms with Crippen molar-refractivity contribution in [3.8, 4) is 5.75 Å². The van der Waals surface area contributed by atoms with Gasteiger partial charge in [0.25, 0.3) is 5.91 Å². The number of carboxylic acids is 1. The molecule has 0 spiro atoms. The predicted octanol–water partition coefficient (Wildman–Crippen LogP) is 2.06. The van der Waals surface area contributed by atoms with Crippen LogP contribution < -0.4 is 4.74 Å². The summed E-state index contributed by atoms with van der Waals surface area (Å²) < 4.78 is 10.9. The Kier molecular flexibility index (Phi) is 5.60. The number of rotatable bonds is 6. The van der Waals surface area contributed by atoms with Crippen molar-refractivity contribution in [3.63, 3.8) is 0 Å². The summed E-state index contributed by atoms with van der Waals surface area (Å²) in [4.78, 5) is 24.8. The van der Waals surface area contributed by atoms with Crippen molar-refractivity contribution in [3.05, 3.63) is 29.8 Å². The zero-order chi connectivity index (χ0) is 17.0. The van der Waals surface area contributed by atoms with E-state index in [1.807, 2.05) is 38.1 Å². The summed E-state index contributed by atoms with van der Waals surface area (Å²) in [5, 5.41) is 8.93. The van der Waals surface area contributed by atoms with E-state index < -0.39 is 18.2 Å². The van der Waals surface area contributed by atoms with E-state index in [-0.39, 0.29) is 12.0 Å². The van der Waals surface area contributed by atoms with Crippen LogP contribution >= 0.6 is 0 Å². The monoisotopic (exact) mass is 321 g/mol. The highest BCUT2D eigenvalue weighted by Crippen LogP contribution is 2.22. The van der Waals surface area contributed by atoms with E-state index in [2.05, 4.69) is 0 Å². The molecule has 126 valence electrons. The van der Waals surface area contributed by atoms with Gasteiger partial charge in [-0.2, -0.15) is 0 Å². The third kappa shape index (κ3) is 4.69. The number of aliphatic carboxylic acids is 1. The molecule has 1 fully saturated rings. The molecule has 2 rings (SSSR count). The number of benzene rings is 1. The maximum atomic E-state index is 12.4. The third-order valence-electron chi connectivity index (χ3n) is 3.64. The van der Waals surface area contributed by atoms with E-state index in [1.165, 1.54) is 0 Å². The summed E-state index contributed by atoms with van der Waals surface area (Å²) in [6, 6.07) is 7.59. The van der Waals surface area contributed by atoms with E-state index in [9.17, 15) is 9.59 Å². The molecule has 0 aromatic heterocycles. The minimum Gasteiger partial charge on any atom is -0.491 e. The zero-order valence-corrected chi connectivity index (χ0v) is 13.7. The number of ether oxygens (including phenoxy) is 2. The lowest BCUT2D eigenvalue weighted by molar-refractivity contribution is -0.154. The highest BCUT2D eigenvalue weighted by atomic mass is 16.5. The number of carbonyl (C=O) groups is 2. The second-order valence-corrected chi connectivity index (χ2v) is 6.04. The first-order valence-electron chi connectivity index (χ1n) is 7.75. The van der Waals surface area contributed by atoms with Crippen LogP contribution in [0.3, 0.4) is 0 Å². The quantitative estimate of drug-likeness (QED) is 0.868. The van der Waals surface area contributed by atoms with Crippen LogP contribution in [0.2, 0.25) is 0 Å². The smallest absolute Gasteiger partial charge is 0.332 e. The van der Waals surface area contributed by atoms with Gasteiger partial charge in [0.2, 0.25) is 0 Å². The minimum absolute atomic E-state index is 0.0875. The van der Waals surface area contributed by atoms with Gasteiger partial charge in [-0.1, -0.05) is 12.1 Å². The number of nitrogens with zero attached hydrogens (tertiary/aromatic N) is 1. The summed E-state index contributed by atoms with van der Waals surface area (Å²) >= 11 is 0. The molecule has 0 radical (unpaired) electrons. The predicted molar refractivity (Wildman–Crippen MR) is 84.2 cm³/mol. The summed E-state index contributed by atoms with van der Waals surface area (Å²) in [6.45, 7) is 4.34. The third-order valence-corrected chi connectivity index (χ3v) is 3.64. The Morgan fingerprint density at radius 3 is 2.65 bits per heavy atom. The van der Waals surface area contributed by atoms with Gasteiger partial charge >= 0.3 is 5.97 Å². The first-order chi connectivity index (χ1) is 10.9. The van der Waals surface area contributed by atoms with E-state index in [0.717, 1.165) is 11.3 Å². The fourth-order valence-corrected chi connectivity index (χ4v) is 2.59. The van der Waals surface area contributed by atoms with Crippen molar-refractivity contribution in [1.82, 2.24) is 4.90 Å². The molecule has 0 unspecified atom stereocenters. The highest BCUT2D eigenvalue weighted by Gasteiger charge is 2.35. The van der Waals surface area contributed by atoms with Crippen LogP contribution in [0, 0.1) is 0 Å². The number of carbonyl (C=O) groups excluding carboxylic acids is 1. The first kappa shape index (κ1) is 17.3. The normalized spacial score (nSPS) is 20.5. The van der Waals surface area contributed by atoms with E-state index in [4.69, 9.17) is 14.6 Å². The van der Waals surface area contributed by atoms with Gasteiger partial charge in [-0.3, -0.25) is 4.79 Å². The molecule has 0 bridgehead atoms. The van der Waals surface area contributed by atoms with Crippen LogP contribution in [-0.2, 0) is 20.9 Å². The molecule has 1 aliphatic heterocycles. The fraction of sp³-hybridized carbons (Fsp3) is 0.529. The molecule has 1 aromatic carbocycles. The topological polar surface area (TPSA) is 76.1 Å². The van der Waals surface area contributed by atoms with E-state index in [0.29, 0.717) is 19.4 Å². The van der Waals surface area contributed by atoms with Crippen molar-refractivity contribution in [2.24, 2.45) is 0 Å². The van der Waals surface area contributed by atoms with Crippen molar-refractivity contribution >= 4 is 11.9 Å². The zero-order valence-electron chi connectivity index (χ0n) is 13.7. The lowest BCUT2D eigenvalue weighted by Gasteiger charge is -2.21. The Hall–Kier alpha value is -2.08. The molecule has 6 nitrogen and oxygen atoms in total. The maximum Gasteiger partial charge on any atom is 0.332 e. The fourth-order valence-electron chi connectivity index (χ4n) is 2.59. The number of hydrogen-bond acceptors (Lipinski definition) is 4. The van der Waals surface area contributed by atoms with Crippen molar-refractivity contribution < 1.29 is 24.2 Å². The van der Waals surface area contributed by atoms with E-state index >= 15 is 0 Å². The molecule has 23 heavy (non-hydrogen) atoms. The molecular formula is C17H23NO5. The van der Waals surface area contributed by atoms with Gasteiger partial charge in [-0.05, 0) is 44.4 Å². The summed E-state index contributed by atoms with van der Waals surface area (Å²) in [5.74, 6) is -0.438. The van der Waals surface area contributed by atoms with Crippen LogP contribution in [0.15, 0.2) is 24.3 Å². The second-order valence-electron chi connectivity index (χ2n) is 6.04. The summed E-state index contributed by atoms with van der Waals surface area (Å²) in [6.07, 6.45) is -0.644. The number of hydrogen-bond donors (Lipinski definition) is 1. The van der Waals surface area contributed by atoms with Crippen LogP contribution in [0.5, 0.6) is 5.75 Å². The first-order valence-corrected chi connectivity index (χ1v) is 7.75. The molecule has 6 heteroatoms. The lowest BCUT2D eigenvalue weighted by atomic mass is 10.1.